The fourth-order valence-corrected chi connectivity index (χ4v) is 4.36. The number of amides is 1. The van der Waals surface area contributed by atoms with E-state index in [9.17, 15) is 13.2 Å². The van der Waals surface area contributed by atoms with Crippen LogP contribution in [-0.4, -0.2) is 28.0 Å². The van der Waals surface area contributed by atoms with E-state index in [-0.39, 0.29) is 10.6 Å². The van der Waals surface area contributed by atoms with E-state index >= 15 is 0 Å². The van der Waals surface area contributed by atoms with Crippen LogP contribution in [0.2, 0.25) is 0 Å². The third-order valence-corrected chi connectivity index (χ3v) is 6.56. The molecule has 0 aliphatic heterocycles. The summed E-state index contributed by atoms with van der Waals surface area (Å²) in [5.74, 6) is 0.280. The summed E-state index contributed by atoms with van der Waals surface area (Å²) in [6.45, 7) is 1.41. The molecule has 3 aromatic carbocycles. The summed E-state index contributed by atoms with van der Waals surface area (Å²) >= 11 is 3.33. The van der Waals surface area contributed by atoms with Crippen LogP contribution in [0.3, 0.4) is 0 Å². The van der Waals surface area contributed by atoms with E-state index in [4.69, 9.17) is 9.47 Å². The van der Waals surface area contributed by atoms with Crippen molar-refractivity contribution in [3.05, 3.63) is 82.8 Å². The Morgan fingerprint density at radius 2 is 1.47 bits per heavy atom. The summed E-state index contributed by atoms with van der Waals surface area (Å²) < 4.78 is 38.9. The molecule has 30 heavy (non-hydrogen) atoms. The zero-order valence-electron chi connectivity index (χ0n) is 16.4. The topological polar surface area (TPSA) is 72.9 Å². The van der Waals surface area contributed by atoms with E-state index < -0.39 is 22.5 Å². The molecular formula is C22H20BrNO5S. The van der Waals surface area contributed by atoms with Crippen molar-refractivity contribution in [2.45, 2.75) is 11.8 Å². The summed E-state index contributed by atoms with van der Waals surface area (Å²) in [5, 5.41) is 0. The Bertz CT molecular complexity index is 1110. The van der Waals surface area contributed by atoms with Gasteiger partial charge in [0.15, 0.2) is 6.61 Å². The van der Waals surface area contributed by atoms with Crippen LogP contribution in [-0.2, 0) is 14.8 Å². The molecule has 0 radical (unpaired) electrons. The Morgan fingerprint density at radius 3 is 2.03 bits per heavy atom. The van der Waals surface area contributed by atoms with Crippen molar-refractivity contribution in [3.63, 3.8) is 0 Å². The molecule has 0 aromatic heterocycles. The fraction of sp³-hybridized carbons (Fsp3) is 0.136. The Labute approximate surface area is 184 Å². The van der Waals surface area contributed by atoms with E-state index in [1.807, 2.05) is 6.92 Å². The number of anilines is 1. The van der Waals surface area contributed by atoms with E-state index in [1.54, 1.807) is 48.5 Å². The molecule has 0 bridgehead atoms. The quantitative estimate of drug-likeness (QED) is 0.486. The molecule has 0 aliphatic rings. The average Bonchev–Trinajstić information content (AvgIpc) is 2.74. The molecule has 8 heteroatoms. The van der Waals surface area contributed by atoms with Gasteiger partial charge < -0.3 is 9.47 Å². The molecule has 0 spiro atoms. The smallest absolute Gasteiger partial charge is 0.278 e. The molecule has 0 saturated carbocycles. The number of methoxy groups -OCH3 is 1. The van der Waals surface area contributed by atoms with E-state index in [2.05, 4.69) is 15.9 Å². The number of nitrogens with zero attached hydrogens (tertiary/aromatic N) is 1. The highest BCUT2D eigenvalue weighted by Crippen LogP contribution is 2.27. The van der Waals surface area contributed by atoms with Crippen LogP contribution in [0.4, 0.5) is 5.69 Å². The van der Waals surface area contributed by atoms with Crippen molar-refractivity contribution in [1.29, 1.82) is 0 Å². The number of aryl methyl sites for hydroxylation is 1. The Hall–Kier alpha value is -2.84. The number of hydrogen-bond acceptors (Lipinski definition) is 5. The van der Waals surface area contributed by atoms with Crippen LogP contribution < -0.4 is 13.8 Å². The van der Waals surface area contributed by atoms with Gasteiger partial charge in [-0.05, 0) is 67.6 Å². The van der Waals surface area contributed by atoms with Crippen LogP contribution in [0.5, 0.6) is 11.5 Å². The lowest BCUT2D eigenvalue weighted by Gasteiger charge is -2.23. The molecule has 0 saturated heterocycles. The van der Waals surface area contributed by atoms with Gasteiger partial charge in [0.2, 0.25) is 0 Å². The maximum atomic E-state index is 13.3. The second-order valence-corrected chi connectivity index (χ2v) is 9.12. The third kappa shape index (κ3) is 5.01. The van der Waals surface area contributed by atoms with Crippen LogP contribution >= 0.6 is 15.9 Å². The standard InChI is InChI=1S/C22H20BrNO5S/c1-16-3-13-21(14-4-16)30(26,27)24(18-7-11-19(28-2)12-8-18)22(25)15-29-20-9-5-17(23)6-10-20/h3-14H,15H2,1-2H3. The van der Waals surface area contributed by atoms with Crippen molar-refractivity contribution in [1.82, 2.24) is 0 Å². The molecule has 0 unspecified atom stereocenters. The van der Waals surface area contributed by atoms with E-state index in [0.717, 1.165) is 14.3 Å². The van der Waals surface area contributed by atoms with Gasteiger partial charge in [-0.1, -0.05) is 33.6 Å². The normalized spacial score (nSPS) is 11.0. The summed E-state index contributed by atoms with van der Waals surface area (Å²) in [6, 6.07) is 19.4. The number of rotatable bonds is 7. The first-order valence-corrected chi connectivity index (χ1v) is 11.2. The molecule has 0 N–H and O–H groups in total. The molecular weight excluding hydrogens is 470 g/mol. The zero-order valence-corrected chi connectivity index (χ0v) is 18.8. The van der Waals surface area contributed by atoms with Crippen LogP contribution in [0.15, 0.2) is 82.2 Å². The van der Waals surface area contributed by atoms with Gasteiger partial charge in [-0.3, -0.25) is 4.79 Å². The second-order valence-electron chi connectivity index (χ2n) is 6.42. The average molecular weight is 490 g/mol. The van der Waals surface area contributed by atoms with Crippen molar-refractivity contribution >= 4 is 37.5 Å². The van der Waals surface area contributed by atoms with Gasteiger partial charge in [0.25, 0.3) is 15.9 Å². The Morgan fingerprint density at radius 1 is 0.900 bits per heavy atom. The summed E-state index contributed by atoms with van der Waals surface area (Å²) in [7, 11) is -2.64. The van der Waals surface area contributed by atoms with Gasteiger partial charge >= 0.3 is 0 Å². The molecule has 0 atom stereocenters. The largest absolute Gasteiger partial charge is 0.497 e. The van der Waals surface area contributed by atoms with Crippen molar-refractivity contribution in [2.24, 2.45) is 0 Å². The van der Waals surface area contributed by atoms with E-state index in [0.29, 0.717) is 11.5 Å². The predicted octanol–water partition coefficient (Wildman–Crippen LogP) is 4.57. The summed E-state index contributed by atoms with van der Waals surface area (Å²) in [6.07, 6.45) is 0. The third-order valence-electron chi connectivity index (χ3n) is 4.27. The number of sulfonamides is 1. The first-order valence-electron chi connectivity index (χ1n) is 8.98. The minimum Gasteiger partial charge on any atom is -0.497 e. The Balaban J connectivity index is 1.94. The highest BCUT2D eigenvalue weighted by atomic mass is 79.9. The molecule has 3 aromatic rings. The minimum absolute atomic E-state index is 0.0147. The Kier molecular flexibility index (Phi) is 6.79. The highest BCUT2D eigenvalue weighted by molar-refractivity contribution is 9.10. The van der Waals surface area contributed by atoms with E-state index in [1.165, 1.54) is 31.4 Å². The SMILES string of the molecule is COc1ccc(N(C(=O)COc2ccc(Br)cc2)S(=O)(=O)c2ccc(C)cc2)cc1. The number of carbonyl (C=O) groups is 1. The zero-order chi connectivity index (χ0) is 21.7. The lowest BCUT2D eigenvalue weighted by molar-refractivity contribution is -0.119. The molecule has 156 valence electrons. The van der Waals surface area contributed by atoms with Crippen LogP contribution in [0.25, 0.3) is 0 Å². The molecule has 0 fully saturated rings. The van der Waals surface area contributed by atoms with Crippen molar-refractivity contribution in [2.75, 3.05) is 18.0 Å². The van der Waals surface area contributed by atoms with Gasteiger partial charge in [0.1, 0.15) is 11.5 Å². The van der Waals surface area contributed by atoms with Crippen LogP contribution in [0, 0.1) is 6.92 Å². The molecule has 1 amide bonds. The number of benzene rings is 3. The molecule has 0 aliphatic carbocycles. The number of hydrogen-bond donors (Lipinski definition) is 0. The summed E-state index contributed by atoms with van der Waals surface area (Å²) in [5.41, 5.74) is 1.11. The number of halogens is 1. The second kappa shape index (κ2) is 9.32. The predicted molar refractivity (Wildman–Crippen MR) is 118 cm³/mol. The molecule has 3 rings (SSSR count). The first-order chi connectivity index (χ1) is 14.3. The molecule has 6 nitrogen and oxygen atoms in total. The number of carbonyl (C=O) groups excluding carboxylic acids is 1. The highest BCUT2D eigenvalue weighted by Gasteiger charge is 2.31. The van der Waals surface area contributed by atoms with Crippen LogP contribution in [0.1, 0.15) is 5.56 Å². The first kappa shape index (κ1) is 21.9. The van der Waals surface area contributed by atoms with Gasteiger partial charge in [0, 0.05) is 4.47 Å². The maximum absolute atomic E-state index is 13.3. The van der Waals surface area contributed by atoms with Crippen molar-refractivity contribution < 1.29 is 22.7 Å². The number of ether oxygens (including phenoxy) is 2. The maximum Gasteiger partial charge on any atom is 0.278 e. The van der Waals surface area contributed by atoms with Gasteiger partial charge in [-0.15, -0.1) is 0 Å². The lowest BCUT2D eigenvalue weighted by Crippen LogP contribution is -2.40. The van der Waals surface area contributed by atoms with Crippen molar-refractivity contribution in [3.8, 4) is 11.5 Å². The fourth-order valence-electron chi connectivity index (χ4n) is 2.68. The summed E-state index contributed by atoms with van der Waals surface area (Å²) in [4.78, 5) is 13.0. The van der Waals surface area contributed by atoms with Gasteiger partial charge in [0.05, 0.1) is 17.7 Å². The minimum atomic E-state index is -4.15. The lowest BCUT2D eigenvalue weighted by atomic mass is 10.2. The monoisotopic (exact) mass is 489 g/mol. The van der Waals surface area contributed by atoms with Gasteiger partial charge in [-0.25, -0.2) is 8.42 Å². The van der Waals surface area contributed by atoms with Gasteiger partial charge in [-0.2, -0.15) is 4.31 Å². The molecule has 0 heterocycles.